The molecule has 0 bridgehead atoms. The molecule has 0 spiro atoms. The number of carboxylic acids is 1. The van der Waals surface area contributed by atoms with Crippen LogP contribution in [0.1, 0.15) is 159 Å². The van der Waals surface area contributed by atoms with Crippen molar-refractivity contribution in [2.24, 2.45) is 46.4 Å². The van der Waals surface area contributed by atoms with Crippen molar-refractivity contribution >= 4 is 124 Å². The fourth-order valence-electron chi connectivity index (χ4n) is 17.2. The smallest absolute Gasteiger partial charge is 0.416 e. The summed E-state index contributed by atoms with van der Waals surface area (Å²) < 4.78 is 49.6. The number of carboxylic acid groups (broad SMARTS) is 1. The molecular formula is C102H140F3N21O22S. The van der Waals surface area contributed by atoms with Gasteiger partial charge in [0.15, 0.2) is 0 Å². The second-order valence-corrected chi connectivity index (χ2v) is 39.3. The Morgan fingerprint density at radius 1 is 0.490 bits per heavy atom. The summed E-state index contributed by atoms with van der Waals surface area (Å²) in [4.78, 5) is 280. The lowest BCUT2D eigenvalue weighted by Gasteiger charge is -2.32. The Labute approximate surface area is 865 Å². The number of phenolic OH excluding ortho intramolecular Hbond substituents is 1. The van der Waals surface area contributed by atoms with E-state index in [1.165, 1.54) is 38.2 Å². The normalized spacial score (nSPS) is 23.8. The first kappa shape index (κ1) is 120. The van der Waals surface area contributed by atoms with Crippen molar-refractivity contribution in [2.45, 2.75) is 253 Å². The van der Waals surface area contributed by atoms with E-state index >= 15 is 38.4 Å². The summed E-state index contributed by atoms with van der Waals surface area (Å²) >= 11 is 0.669. The van der Waals surface area contributed by atoms with Crippen molar-refractivity contribution < 1.29 is 119 Å². The van der Waals surface area contributed by atoms with E-state index in [9.17, 15) is 76.1 Å². The van der Waals surface area contributed by atoms with Gasteiger partial charge in [0.2, 0.25) is 106 Å². The summed E-state index contributed by atoms with van der Waals surface area (Å²) in [6, 6.07) is 6.85. The van der Waals surface area contributed by atoms with E-state index < -0.39 is 283 Å². The van der Waals surface area contributed by atoms with Crippen molar-refractivity contribution in [3.8, 4) is 16.9 Å². The van der Waals surface area contributed by atoms with Crippen molar-refractivity contribution in [1.82, 2.24) is 84.2 Å². The molecule has 26 N–H and O–H groups in total. The van der Waals surface area contributed by atoms with E-state index in [2.05, 4.69) is 74.4 Å². The van der Waals surface area contributed by atoms with Crippen molar-refractivity contribution in [3.63, 3.8) is 0 Å². The summed E-state index contributed by atoms with van der Waals surface area (Å²) in [6.45, 7) is 7.65. The van der Waals surface area contributed by atoms with Gasteiger partial charge in [0.1, 0.15) is 96.4 Å². The van der Waals surface area contributed by atoms with E-state index in [4.69, 9.17) is 33.4 Å². The van der Waals surface area contributed by atoms with Crippen LogP contribution in [-0.4, -0.2) is 287 Å². The molecule has 5 aromatic rings. The molecule has 47 heteroatoms. The minimum Gasteiger partial charge on any atom is -0.508 e. The average Bonchev–Trinajstić information content (AvgIpc) is 0.819. The fraction of sp³-hybridized carbons (Fsp3) is 0.520. The third-order valence-electron chi connectivity index (χ3n) is 25.7. The van der Waals surface area contributed by atoms with Gasteiger partial charge in [0.25, 0.3) is 0 Å². The molecule has 1 aliphatic carbocycles. The monoisotopic (exact) mass is 2100 g/mol. The number of hydrogen-bond acceptors (Lipinski definition) is 25. The van der Waals surface area contributed by atoms with Crippen LogP contribution in [0.3, 0.4) is 0 Å². The zero-order chi connectivity index (χ0) is 109. The summed E-state index contributed by atoms with van der Waals surface area (Å²) in [5, 5.41) is 57.1. The average molecular weight is 2100 g/mol. The number of nitrogens with one attached hydrogen (secondary N) is 14. The number of ether oxygens (including phenoxy) is 1. The van der Waals surface area contributed by atoms with Gasteiger partial charge in [-0.2, -0.15) is 13.2 Å². The van der Waals surface area contributed by atoms with Crippen LogP contribution in [0.25, 0.3) is 11.1 Å². The van der Waals surface area contributed by atoms with Crippen LogP contribution >= 0.6 is 11.8 Å². The number of amides is 18. The largest absolute Gasteiger partial charge is 0.508 e. The van der Waals surface area contributed by atoms with Gasteiger partial charge in [-0.05, 0) is 141 Å². The maximum absolute atomic E-state index is 15.7. The number of aryl methyl sites for hydroxylation is 1. The molecule has 149 heavy (non-hydrogen) atoms. The minimum absolute atomic E-state index is 0.00119. The molecule has 3 aliphatic rings. The van der Waals surface area contributed by atoms with Crippen LogP contribution in [-0.2, 0) is 128 Å². The van der Waals surface area contributed by atoms with E-state index in [1.807, 2.05) is 12.1 Å². The Bertz CT molecular complexity index is 5420. The molecule has 812 valence electrons. The molecule has 15 atom stereocenters. The third kappa shape index (κ3) is 40.1. The number of carbonyl (C=O) groups is 19. The predicted molar refractivity (Wildman–Crippen MR) is 542 cm³/mol. The number of morpholine rings is 1. The molecule has 8 rings (SSSR count). The first-order valence-electron chi connectivity index (χ1n) is 49.8. The first-order valence-corrected chi connectivity index (χ1v) is 50.9. The number of thioether (sulfide) groups is 1. The number of primary amides is 3. The van der Waals surface area contributed by atoms with E-state index in [1.54, 1.807) is 105 Å². The predicted octanol–water partition coefficient (Wildman–Crippen LogP) is -0.687. The van der Waals surface area contributed by atoms with Crippen LogP contribution in [0.4, 0.5) is 13.2 Å². The summed E-state index contributed by atoms with van der Waals surface area (Å²) in [6.07, 6.45) is -7.78. The van der Waals surface area contributed by atoms with Gasteiger partial charge in [-0.25, -0.2) is 0 Å². The number of aromatic hydroxyl groups is 1. The lowest BCUT2D eigenvalue weighted by molar-refractivity contribution is -0.143. The van der Waals surface area contributed by atoms with Crippen molar-refractivity contribution in [3.05, 3.63) is 161 Å². The number of halogens is 3. The molecule has 0 unspecified atom stereocenters. The number of phenols is 1. The van der Waals surface area contributed by atoms with Crippen molar-refractivity contribution in [1.29, 1.82) is 0 Å². The number of likely N-dealkylation sites (N-methyl/N-ethyl adjacent to an activating group) is 1. The summed E-state index contributed by atoms with van der Waals surface area (Å²) in [5.74, 6) is -24.1. The molecule has 1 saturated carbocycles. The highest BCUT2D eigenvalue weighted by Gasteiger charge is 2.43. The SMILES string of the molecule is CC(C)C[C@H]1NC(=O)[C@H](C)N(C)C(=O)[C@H](CCC(N)=O)NC(=O)[C@H](Cc2ccc(-c3ccccc3)cc2)NC(=O)[C@H](CCc2ccccc2)NC(=O)[C@H](Cc2cccc(C(F)(F)F)c2)NC(=O)[C@H](CC(=O)O)NC(=O)[C@H](Cc2ccc(O)cc2)NC(=O)[C@H](CN2CCOCC2)NC(=O)CSC[C@@H](C(=O)N[C@@H](CCN)C(N)=O)NC(=O)[C@H](CCC(N)=O)NC(=O)[C@H](C(C)C)NC(=O)[C@H](CC2CCCCC2)NC(=O)[C@H](CCN)NC1=O. The summed E-state index contributed by atoms with van der Waals surface area (Å²) in [5.41, 5.74) is 30.1. The topological polar surface area (TPSA) is 679 Å². The molecule has 0 aromatic heterocycles. The quantitative estimate of drug-likeness (QED) is 0.0253. The Morgan fingerprint density at radius 3 is 1.50 bits per heavy atom. The number of nitrogens with two attached hydrogens (primary N) is 5. The molecule has 2 heterocycles. The highest BCUT2D eigenvalue weighted by atomic mass is 32.2. The van der Waals surface area contributed by atoms with Crippen LogP contribution in [0.15, 0.2) is 133 Å². The molecule has 5 aromatic carbocycles. The Balaban J connectivity index is 1.25. The van der Waals surface area contributed by atoms with Crippen LogP contribution in [0.2, 0.25) is 0 Å². The molecule has 0 radical (unpaired) electrons. The first-order chi connectivity index (χ1) is 70.8. The van der Waals surface area contributed by atoms with Crippen LogP contribution in [0.5, 0.6) is 5.75 Å². The van der Waals surface area contributed by atoms with Gasteiger partial charge in [-0.3, -0.25) is 96.0 Å². The number of aliphatic carboxylic acids is 1. The maximum atomic E-state index is 15.7. The standard InChI is InChI=1S/C102H140F3N21O22S/c1-57(2)47-74-92(138)114-72(40-42-107)91(137)119-77(49-61-19-12-8-13-20-61)97(143)124-86(58(3)4)100(146)115-71(35-37-82(108)128)90(136)123-81(99(145)112-69(39-41-106)87(110)133)55-149-56-84(130)111-80(54-126-43-45-148-46-44-126)98(144)121-76(51-63-27-32-68(127)33-28-63)95(141)122-79(53-85(131)132)96(142)120-78(52-64-21-16-24-67(48-64)102(103,104)105)93(139)113-70(34-29-60-17-10-7-11-18-60)89(135)118-75(50-62-25-30-66(31-26-62)65-22-14-9-15-23-65)94(140)116-73(36-38-83(109)129)101(147)125(6)59(5)88(134)117-74/h7,9-11,14-18,21-28,30-33,48,57-59,61,69-81,86,127H,8,12-13,19-20,29,34-47,49-56,106-107H2,1-6H3,(H2,108,128)(H2,109,129)(H2,110,133)(H,111,130)(H,112,145)(H,113,139)(H,114,138)(H,115,146)(H,116,140)(H,117,134)(H,118,135)(H,119,137)(H,120,142)(H,121,144)(H,122,141)(H,123,136)(H,124,143)(H,131,132)/t59-,69-,70-,71-,72-,73-,74+,75-,76-,77-,78-,79-,80-,81-,86-/m0/s1. The number of alkyl halides is 3. The maximum Gasteiger partial charge on any atom is 0.416 e. The number of rotatable bonds is 32. The number of carbonyl (C=O) groups excluding carboxylic acids is 18. The van der Waals surface area contributed by atoms with Crippen LogP contribution in [0, 0.1) is 17.8 Å². The van der Waals surface area contributed by atoms with Crippen molar-refractivity contribution in [2.75, 3.05) is 64.5 Å². The lowest BCUT2D eigenvalue weighted by Crippen LogP contribution is -2.62. The lowest BCUT2D eigenvalue weighted by atomic mass is 9.84. The van der Waals surface area contributed by atoms with Gasteiger partial charge in [-0.15, -0.1) is 11.8 Å². The second-order valence-electron chi connectivity index (χ2n) is 38.2. The van der Waals surface area contributed by atoms with E-state index in [-0.39, 0.29) is 113 Å². The summed E-state index contributed by atoms with van der Waals surface area (Å²) in [7, 11) is 1.18. The molecule has 2 saturated heterocycles. The Morgan fingerprint density at radius 2 is 0.953 bits per heavy atom. The molecule has 43 nitrogen and oxygen atoms in total. The molecule has 18 amide bonds. The van der Waals surface area contributed by atoms with Gasteiger partial charge in [0.05, 0.1) is 31.0 Å². The van der Waals surface area contributed by atoms with Gasteiger partial charge in [-0.1, -0.05) is 175 Å². The second kappa shape index (κ2) is 59.7. The molecule has 3 fully saturated rings. The highest BCUT2D eigenvalue weighted by molar-refractivity contribution is 8.00. The van der Waals surface area contributed by atoms with Crippen LogP contribution < -0.4 is 103 Å². The fourth-order valence-corrected chi connectivity index (χ4v) is 18.1. The molecule has 2 aliphatic heterocycles. The zero-order valence-electron chi connectivity index (χ0n) is 84.3. The number of benzene rings is 5. The Hall–Kier alpha value is -14.2. The minimum atomic E-state index is -5.01. The highest BCUT2D eigenvalue weighted by Crippen LogP contribution is 2.32. The van der Waals surface area contributed by atoms with E-state index in [0.717, 1.165) is 41.9 Å². The Kier molecular flexibility index (Phi) is 48.1. The van der Waals surface area contributed by atoms with Gasteiger partial charge < -0.3 is 123 Å². The molecular weight excluding hydrogens is 1960 g/mol. The van der Waals surface area contributed by atoms with E-state index in [0.29, 0.717) is 53.4 Å². The zero-order valence-corrected chi connectivity index (χ0v) is 85.1. The number of hydrogen-bond donors (Lipinski definition) is 21. The third-order valence-corrected chi connectivity index (χ3v) is 26.7. The van der Waals surface area contributed by atoms with Gasteiger partial charge in [0, 0.05) is 64.5 Å². The van der Waals surface area contributed by atoms with Gasteiger partial charge >= 0.3 is 12.1 Å². The number of nitrogens with zero attached hydrogens (tertiary/aromatic N) is 2.